The maximum absolute atomic E-state index is 11.9. The molecule has 3 rings (SSSR count). The molecule has 6 heteroatoms. The quantitative estimate of drug-likeness (QED) is 0.781. The average Bonchev–Trinajstić information content (AvgIpc) is 3.13. The van der Waals surface area contributed by atoms with Crippen molar-refractivity contribution in [3.05, 3.63) is 42.0 Å². The molecule has 5 nitrogen and oxygen atoms in total. The molecular weight excluding hydrogens is 298 g/mol. The minimum atomic E-state index is -0.213. The molecule has 114 valence electrons. The minimum absolute atomic E-state index is 0.0362. The standard InChI is InChI=1S/C16H17N3O2S/c1-11(2)19-8-6-12-13(19)4-3-5-14(12)21-10-15(20)18-16-17-7-9-22-16/h3-9,11H,10H2,1-2H3,(H,17,18,20). The first-order valence-corrected chi connectivity index (χ1v) is 7.95. The van der Waals surface area contributed by atoms with Gasteiger partial charge in [0.05, 0.1) is 5.52 Å². The van der Waals surface area contributed by atoms with Crippen LogP contribution >= 0.6 is 11.3 Å². The Balaban J connectivity index is 1.73. The summed E-state index contributed by atoms with van der Waals surface area (Å²) >= 11 is 1.38. The maximum atomic E-state index is 11.9. The largest absolute Gasteiger partial charge is 0.483 e. The Morgan fingerprint density at radius 3 is 3.00 bits per heavy atom. The van der Waals surface area contributed by atoms with Gasteiger partial charge in [-0.2, -0.15) is 0 Å². The topological polar surface area (TPSA) is 56.1 Å². The number of nitrogens with one attached hydrogen (secondary N) is 1. The van der Waals surface area contributed by atoms with Crippen LogP contribution in [-0.2, 0) is 4.79 Å². The SMILES string of the molecule is CC(C)n1ccc2c(OCC(=O)Nc3nccs3)cccc21. The van der Waals surface area contributed by atoms with Gasteiger partial charge >= 0.3 is 0 Å². The Morgan fingerprint density at radius 2 is 2.27 bits per heavy atom. The normalized spacial score (nSPS) is 11.0. The summed E-state index contributed by atoms with van der Waals surface area (Å²) in [7, 11) is 0. The number of carbonyl (C=O) groups is 1. The summed E-state index contributed by atoms with van der Waals surface area (Å²) in [4.78, 5) is 15.9. The van der Waals surface area contributed by atoms with E-state index in [1.54, 1.807) is 6.20 Å². The Hall–Kier alpha value is -2.34. The van der Waals surface area contributed by atoms with E-state index in [0.717, 1.165) is 10.9 Å². The van der Waals surface area contributed by atoms with Gasteiger partial charge in [0.2, 0.25) is 0 Å². The summed E-state index contributed by atoms with van der Waals surface area (Å²) in [5.41, 5.74) is 1.10. The molecule has 2 aromatic heterocycles. The molecule has 1 N–H and O–H groups in total. The molecule has 0 atom stereocenters. The van der Waals surface area contributed by atoms with Crippen molar-refractivity contribution in [1.82, 2.24) is 9.55 Å². The zero-order chi connectivity index (χ0) is 15.5. The highest BCUT2D eigenvalue weighted by molar-refractivity contribution is 7.13. The predicted molar refractivity (Wildman–Crippen MR) is 88.6 cm³/mol. The Labute approximate surface area is 132 Å². The van der Waals surface area contributed by atoms with E-state index in [9.17, 15) is 4.79 Å². The number of hydrogen-bond donors (Lipinski definition) is 1. The van der Waals surface area contributed by atoms with Crippen LogP contribution in [0.3, 0.4) is 0 Å². The number of anilines is 1. The van der Waals surface area contributed by atoms with E-state index < -0.39 is 0 Å². The second-order valence-electron chi connectivity index (χ2n) is 5.18. The molecule has 0 aliphatic carbocycles. The first-order chi connectivity index (χ1) is 10.6. The molecular formula is C16H17N3O2S. The number of carbonyl (C=O) groups excluding carboxylic acids is 1. The van der Waals surface area contributed by atoms with Gasteiger partial charge in [0.25, 0.3) is 5.91 Å². The summed E-state index contributed by atoms with van der Waals surface area (Å²) in [6.07, 6.45) is 3.69. The zero-order valence-corrected chi connectivity index (χ0v) is 13.3. The molecule has 0 bridgehead atoms. The van der Waals surface area contributed by atoms with Gasteiger partial charge in [-0.25, -0.2) is 4.98 Å². The number of rotatable bonds is 5. The smallest absolute Gasteiger partial charge is 0.264 e. The van der Waals surface area contributed by atoms with Crippen LogP contribution in [0.15, 0.2) is 42.0 Å². The first kappa shape index (κ1) is 14.6. The molecule has 0 saturated heterocycles. The number of ether oxygens (including phenoxy) is 1. The summed E-state index contributed by atoms with van der Waals surface area (Å²) in [6.45, 7) is 4.23. The first-order valence-electron chi connectivity index (χ1n) is 7.07. The molecule has 0 fully saturated rings. The molecule has 1 aromatic carbocycles. The summed E-state index contributed by atoms with van der Waals surface area (Å²) in [6, 6.07) is 8.26. The lowest BCUT2D eigenvalue weighted by Gasteiger charge is -2.11. The molecule has 0 unspecified atom stereocenters. The summed E-state index contributed by atoms with van der Waals surface area (Å²) in [5.74, 6) is 0.501. The van der Waals surface area contributed by atoms with Gasteiger partial charge in [0.15, 0.2) is 11.7 Å². The van der Waals surface area contributed by atoms with Crippen molar-refractivity contribution in [3.8, 4) is 5.75 Å². The number of hydrogen-bond acceptors (Lipinski definition) is 4. The second-order valence-corrected chi connectivity index (χ2v) is 6.07. The van der Waals surface area contributed by atoms with E-state index in [2.05, 4.69) is 34.8 Å². The molecule has 3 aromatic rings. The van der Waals surface area contributed by atoms with Crippen molar-refractivity contribution in [3.63, 3.8) is 0 Å². The van der Waals surface area contributed by atoms with E-state index in [0.29, 0.717) is 16.9 Å². The molecule has 0 saturated carbocycles. The molecule has 1 amide bonds. The van der Waals surface area contributed by atoms with Crippen molar-refractivity contribution >= 4 is 33.3 Å². The highest BCUT2D eigenvalue weighted by atomic mass is 32.1. The van der Waals surface area contributed by atoms with Gasteiger partial charge in [0.1, 0.15) is 5.75 Å². The Morgan fingerprint density at radius 1 is 1.41 bits per heavy atom. The lowest BCUT2D eigenvalue weighted by atomic mass is 10.2. The van der Waals surface area contributed by atoms with Crippen molar-refractivity contribution < 1.29 is 9.53 Å². The van der Waals surface area contributed by atoms with Crippen LogP contribution in [0.5, 0.6) is 5.75 Å². The number of fused-ring (bicyclic) bond motifs is 1. The zero-order valence-electron chi connectivity index (χ0n) is 12.4. The van der Waals surface area contributed by atoms with Crippen LogP contribution < -0.4 is 10.1 Å². The third kappa shape index (κ3) is 2.96. The summed E-state index contributed by atoms with van der Waals surface area (Å²) < 4.78 is 7.85. The lowest BCUT2D eigenvalue weighted by molar-refractivity contribution is -0.118. The van der Waals surface area contributed by atoms with Gasteiger partial charge in [-0.05, 0) is 32.0 Å². The van der Waals surface area contributed by atoms with E-state index in [-0.39, 0.29) is 12.5 Å². The third-order valence-corrected chi connectivity index (χ3v) is 4.01. The van der Waals surface area contributed by atoms with E-state index in [1.165, 1.54) is 11.3 Å². The van der Waals surface area contributed by atoms with Crippen LogP contribution in [0.4, 0.5) is 5.13 Å². The number of thiazole rings is 1. The van der Waals surface area contributed by atoms with E-state index in [4.69, 9.17) is 4.74 Å². The Bertz CT molecular complexity index is 778. The van der Waals surface area contributed by atoms with Crippen LogP contribution in [0.1, 0.15) is 19.9 Å². The van der Waals surface area contributed by atoms with Crippen LogP contribution in [-0.4, -0.2) is 22.1 Å². The fourth-order valence-electron chi connectivity index (χ4n) is 2.32. The van der Waals surface area contributed by atoms with Gasteiger partial charge in [-0.15, -0.1) is 11.3 Å². The highest BCUT2D eigenvalue weighted by Crippen LogP contribution is 2.28. The molecule has 0 radical (unpaired) electrons. The van der Waals surface area contributed by atoms with Crippen molar-refractivity contribution in [2.24, 2.45) is 0 Å². The number of aromatic nitrogens is 2. The second kappa shape index (κ2) is 6.19. The van der Waals surface area contributed by atoms with Crippen molar-refractivity contribution in [2.45, 2.75) is 19.9 Å². The molecule has 22 heavy (non-hydrogen) atoms. The fraction of sp³-hybridized carbons (Fsp3) is 0.250. The lowest BCUT2D eigenvalue weighted by Crippen LogP contribution is -2.20. The maximum Gasteiger partial charge on any atom is 0.264 e. The monoisotopic (exact) mass is 315 g/mol. The minimum Gasteiger partial charge on any atom is -0.483 e. The number of nitrogens with zero attached hydrogens (tertiary/aromatic N) is 2. The van der Waals surface area contributed by atoms with Gasteiger partial charge in [-0.3, -0.25) is 10.1 Å². The third-order valence-electron chi connectivity index (χ3n) is 3.32. The molecule has 0 aliphatic heterocycles. The van der Waals surface area contributed by atoms with E-state index >= 15 is 0 Å². The average molecular weight is 315 g/mol. The van der Waals surface area contributed by atoms with Gasteiger partial charge in [0, 0.05) is 29.2 Å². The highest BCUT2D eigenvalue weighted by Gasteiger charge is 2.10. The van der Waals surface area contributed by atoms with Crippen LogP contribution in [0.25, 0.3) is 10.9 Å². The Kier molecular flexibility index (Phi) is 4.11. The molecule has 2 heterocycles. The van der Waals surface area contributed by atoms with Crippen molar-refractivity contribution in [2.75, 3.05) is 11.9 Å². The van der Waals surface area contributed by atoms with E-state index in [1.807, 2.05) is 29.8 Å². The van der Waals surface area contributed by atoms with Gasteiger partial charge < -0.3 is 9.30 Å². The molecule has 0 aliphatic rings. The fourth-order valence-corrected chi connectivity index (χ4v) is 2.87. The number of amides is 1. The predicted octanol–water partition coefficient (Wildman–Crippen LogP) is 3.70. The number of benzene rings is 1. The van der Waals surface area contributed by atoms with Crippen LogP contribution in [0, 0.1) is 0 Å². The molecule has 0 spiro atoms. The summed E-state index contributed by atoms with van der Waals surface area (Å²) in [5, 5.41) is 6.11. The van der Waals surface area contributed by atoms with Crippen LogP contribution in [0.2, 0.25) is 0 Å². The van der Waals surface area contributed by atoms with Crippen molar-refractivity contribution in [1.29, 1.82) is 0 Å². The van der Waals surface area contributed by atoms with Gasteiger partial charge in [-0.1, -0.05) is 6.07 Å².